The predicted molar refractivity (Wildman–Crippen MR) is 61.0 cm³/mol. The molecule has 0 rings (SSSR count). The van der Waals surface area contributed by atoms with Gasteiger partial charge in [-0.1, -0.05) is 13.3 Å². The van der Waals surface area contributed by atoms with Gasteiger partial charge in [-0.3, -0.25) is 0 Å². The standard InChI is InChI=1S/C11H21NO5/c1-5-6-8(13)7-9(14)17-12-10(15)16-11(2,3)4/h8,13H,5-7H2,1-4H3,(H,12,15)/t8-/m1/s1. The zero-order chi connectivity index (χ0) is 13.5. The Morgan fingerprint density at radius 1 is 1.35 bits per heavy atom. The zero-order valence-corrected chi connectivity index (χ0v) is 10.8. The molecule has 0 spiro atoms. The molecule has 0 aromatic carbocycles. The van der Waals surface area contributed by atoms with Crippen molar-refractivity contribution in [1.29, 1.82) is 0 Å². The van der Waals surface area contributed by atoms with Gasteiger partial charge in [0.2, 0.25) is 0 Å². The lowest BCUT2D eigenvalue weighted by atomic mass is 10.1. The van der Waals surface area contributed by atoms with Crippen LogP contribution in [0.15, 0.2) is 0 Å². The van der Waals surface area contributed by atoms with Gasteiger partial charge >= 0.3 is 12.1 Å². The Labute approximate surface area is 101 Å². The summed E-state index contributed by atoms with van der Waals surface area (Å²) >= 11 is 0. The summed E-state index contributed by atoms with van der Waals surface area (Å²) in [7, 11) is 0. The van der Waals surface area contributed by atoms with Gasteiger partial charge in [-0.25, -0.2) is 9.59 Å². The molecule has 1 amide bonds. The van der Waals surface area contributed by atoms with Gasteiger partial charge in [0.1, 0.15) is 5.60 Å². The maximum atomic E-state index is 11.1. The Hall–Kier alpha value is -1.30. The molecule has 100 valence electrons. The van der Waals surface area contributed by atoms with Crippen LogP contribution in [0.4, 0.5) is 4.79 Å². The van der Waals surface area contributed by atoms with Crippen LogP contribution in [-0.2, 0) is 14.4 Å². The number of aliphatic hydroxyl groups excluding tert-OH is 1. The number of hydroxylamine groups is 1. The highest BCUT2D eigenvalue weighted by Gasteiger charge is 2.18. The van der Waals surface area contributed by atoms with E-state index in [9.17, 15) is 14.7 Å². The van der Waals surface area contributed by atoms with E-state index < -0.39 is 23.8 Å². The van der Waals surface area contributed by atoms with Gasteiger partial charge < -0.3 is 14.7 Å². The van der Waals surface area contributed by atoms with E-state index in [1.54, 1.807) is 20.8 Å². The minimum Gasteiger partial charge on any atom is -0.442 e. The normalized spacial score (nSPS) is 12.8. The maximum absolute atomic E-state index is 11.1. The van der Waals surface area contributed by atoms with E-state index >= 15 is 0 Å². The highest BCUT2D eigenvalue weighted by Crippen LogP contribution is 2.06. The summed E-state index contributed by atoms with van der Waals surface area (Å²) in [5, 5.41) is 9.33. The van der Waals surface area contributed by atoms with Crippen molar-refractivity contribution in [3.8, 4) is 0 Å². The summed E-state index contributed by atoms with van der Waals surface area (Å²) in [4.78, 5) is 26.7. The molecule has 0 aromatic heterocycles. The van der Waals surface area contributed by atoms with E-state index in [0.29, 0.717) is 6.42 Å². The number of nitrogens with one attached hydrogen (secondary N) is 1. The van der Waals surface area contributed by atoms with Crippen LogP contribution in [0.25, 0.3) is 0 Å². The fraction of sp³-hybridized carbons (Fsp3) is 0.818. The number of aliphatic hydroxyl groups is 1. The fourth-order valence-electron chi connectivity index (χ4n) is 1.07. The molecule has 0 aliphatic rings. The van der Waals surface area contributed by atoms with Crippen LogP contribution in [0.1, 0.15) is 47.0 Å². The third-order valence-electron chi connectivity index (χ3n) is 1.67. The van der Waals surface area contributed by atoms with E-state index in [0.717, 1.165) is 6.42 Å². The second kappa shape index (κ2) is 7.11. The summed E-state index contributed by atoms with van der Waals surface area (Å²) in [6.45, 7) is 6.98. The number of rotatable bonds is 4. The number of hydrogen-bond donors (Lipinski definition) is 2. The van der Waals surface area contributed by atoms with Crippen molar-refractivity contribution in [1.82, 2.24) is 5.48 Å². The first-order chi connectivity index (χ1) is 7.74. The summed E-state index contributed by atoms with van der Waals surface area (Å²) in [6, 6.07) is 0. The molecular formula is C11H21NO5. The molecule has 0 unspecified atom stereocenters. The summed E-state index contributed by atoms with van der Waals surface area (Å²) < 4.78 is 4.85. The largest absolute Gasteiger partial charge is 0.442 e. The van der Waals surface area contributed by atoms with Gasteiger partial charge in [-0.05, 0) is 27.2 Å². The second-order valence-corrected chi connectivity index (χ2v) is 4.72. The van der Waals surface area contributed by atoms with Crippen molar-refractivity contribution in [2.75, 3.05) is 0 Å². The van der Waals surface area contributed by atoms with Crippen molar-refractivity contribution >= 4 is 12.1 Å². The molecule has 2 N–H and O–H groups in total. The highest BCUT2D eigenvalue weighted by atomic mass is 16.7. The topological polar surface area (TPSA) is 84.9 Å². The van der Waals surface area contributed by atoms with Crippen LogP contribution in [0.2, 0.25) is 0 Å². The number of carbonyl (C=O) groups is 2. The van der Waals surface area contributed by atoms with E-state index in [-0.39, 0.29) is 6.42 Å². The Balaban J connectivity index is 3.81. The highest BCUT2D eigenvalue weighted by molar-refractivity contribution is 5.73. The van der Waals surface area contributed by atoms with Gasteiger partial charge in [0, 0.05) is 0 Å². The molecule has 0 aliphatic carbocycles. The van der Waals surface area contributed by atoms with E-state index in [2.05, 4.69) is 4.84 Å². The molecule has 0 fully saturated rings. The fourth-order valence-corrected chi connectivity index (χ4v) is 1.07. The third kappa shape index (κ3) is 9.62. The van der Waals surface area contributed by atoms with Gasteiger partial charge in [-0.2, -0.15) is 0 Å². The summed E-state index contributed by atoms with van der Waals surface area (Å²) in [5.41, 5.74) is 1.21. The number of carbonyl (C=O) groups excluding carboxylic acids is 2. The number of ether oxygens (including phenoxy) is 1. The van der Waals surface area contributed by atoms with Gasteiger partial charge in [0.15, 0.2) is 0 Å². The molecule has 0 aromatic rings. The first-order valence-electron chi connectivity index (χ1n) is 5.61. The minimum absolute atomic E-state index is 0.149. The van der Waals surface area contributed by atoms with Crippen molar-refractivity contribution in [2.45, 2.75) is 58.7 Å². The molecule has 6 nitrogen and oxygen atoms in total. The molecule has 0 radical (unpaired) electrons. The lowest BCUT2D eigenvalue weighted by molar-refractivity contribution is -0.152. The molecule has 0 bridgehead atoms. The van der Waals surface area contributed by atoms with Crippen LogP contribution in [0.3, 0.4) is 0 Å². The van der Waals surface area contributed by atoms with E-state index in [1.807, 2.05) is 12.4 Å². The van der Waals surface area contributed by atoms with Gasteiger partial charge in [0.05, 0.1) is 12.5 Å². The van der Waals surface area contributed by atoms with Crippen LogP contribution in [0.5, 0.6) is 0 Å². The van der Waals surface area contributed by atoms with Crippen LogP contribution >= 0.6 is 0 Å². The summed E-state index contributed by atoms with van der Waals surface area (Å²) in [6.07, 6.45) is -0.442. The molecule has 1 atom stereocenters. The molecular weight excluding hydrogens is 226 g/mol. The lowest BCUT2D eigenvalue weighted by Crippen LogP contribution is -2.34. The zero-order valence-electron chi connectivity index (χ0n) is 10.8. The van der Waals surface area contributed by atoms with Gasteiger partial charge in [-0.15, -0.1) is 5.48 Å². The lowest BCUT2D eigenvalue weighted by Gasteiger charge is -2.19. The van der Waals surface area contributed by atoms with Crippen molar-refractivity contribution in [3.05, 3.63) is 0 Å². The van der Waals surface area contributed by atoms with Crippen LogP contribution < -0.4 is 5.48 Å². The Bertz CT molecular complexity index is 259. The molecule has 17 heavy (non-hydrogen) atoms. The molecule has 0 heterocycles. The molecule has 6 heteroatoms. The monoisotopic (exact) mass is 247 g/mol. The number of hydrogen-bond acceptors (Lipinski definition) is 5. The average Bonchev–Trinajstić information content (AvgIpc) is 2.12. The Morgan fingerprint density at radius 3 is 2.41 bits per heavy atom. The Kier molecular flexibility index (Phi) is 6.57. The molecule has 0 aliphatic heterocycles. The average molecular weight is 247 g/mol. The predicted octanol–water partition coefficient (Wildman–Crippen LogP) is 1.52. The minimum atomic E-state index is -0.837. The van der Waals surface area contributed by atoms with Crippen molar-refractivity contribution in [2.24, 2.45) is 0 Å². The summed E-state index contributed by atoms with van der Waals surface area (Å²) in [5.74, 6) is -0.697. The van der Waals surface area contributed by atoms with Crippen molar-refractivity contribution < 1.29 is 24.3 Å². The van der Waals surface area contributed by atoms with Crippen LogP contribution in [-0.4, -0.2) is 28.9 Å². The van der Waals surface area contributed by atoms with Crippen molar-refractivity contribution in [3.63, 3.8) is 0 Å². The molecule has 0 saturated heterocycles. The van der Waals surface area contributed by atoms with E-state index in [1.165, 1.54) is 0 Å². The maximum Gasteiger partial charge on any atom is 0.441 e. The third-order valence-corrected chi connectivity index (χ3v) is 1.67. The van der Waals surface area contributed by atoms with Crippen LogP contribution in [0, 0.1) is 0 Å². The van der Waals surface area contributed by atoms with Gasteiger partial charge in [0.25, 0.3) is 0 Å². The SMILES string of the molecule is CCC[C@@H](O)CC(=O)ONC(=O)OC(C)(C)C. The quantitative estimate of drug-likeness (QED) is 0.736. The first-order valence-corrected chi connectivity index (χ1v) is 5.61. The molecule has 0 saturated carbocycles. The Morgan fingerprint density at radius 2 is 1.94 bits per heavy atom. The van der Waals surface area contributed by atoms with E-state index in [4.69, 9.17) is 4.74 Å². The number of amides is 1. The first kappa shape index (κ1) is 15.7. The second-order valence-electron chi connectivity index (χ2n) is 4.72. The smallest absolute Gasteiger partial charge is 0.441 e.